The Bertz CT molecular complexity index is 1420. The molecule has 0 aliphatic rings. The minimum atomic E-state index is -3.87. The lowest BCUT2D eigenvalue weighted by Crippen LogP contribution is -2.21. The van der Waals surface area contributed by atoms with Crippen molar-refractivity contribution in [2.45, 2.75) is 13.3 Å². The Hall–Kier alpha value is -3.77. The van der Waals surface area contributed by atoms with E-state index in [1.165, 1.54) is 31.2 Å². The number of benzene rings is 1. The van der Waals surface area contributed by atoms with Gasteiger partial charge in [0.05, 0.1) is 25.0 Å². The van der Waals surface area contributed by atoms with Crippen LogP contribution in [0.1, 0.15) is 11.4 Å². The molecule has 4 rings (SSSR count). The number of ether oxygens (including phenoxy) is 2. The number of nitrogens with zero attached hydrogens (tertiary/aromatic N) is 6. The zero-order valence-electron chi connectivity index (χ0n) is 19.1. The molecule has 35 heavy (non-hydrogen) atoms. The largest absolute Gasteiger partial charge is 0.494 e. The SMILES string of the molecule is COc1cccc(OC)c1-n1c(NS(=O)(=O)CCc2ncc(Cl)cn2)nnc1-c1cncc(C)c1. The van der Waals surface area contributed by atoms with Gasteiger partial charge in [0.15, 0.2) is 5.82 Å². The van der Waals surface area contributed by atoms with Crippen LogP contribution < -0.4 is 14.2 Å². The topological polar surface area (TPSA) is 134 Å². The van der Waals surface area contributed by atoms with Crippen molar-refractivity contribution in [3.63, 3.8) is 0 Å². The zero-order chi connectivity index (χ0) is 25.0. The minimum absolute atomic E-state index is 0.0404. The summed E-state index contributed by atoms with van der Waals surface area (Å²) in [7, 11) is -0.860. The molecule has 182 valence electrons. The van der Waals surface area contributed by atoms with E-state index in [-0.39, 0.29) is 18.1 Å². The lowest BCUT2D eigenvalue weighted by molar-refractivity contribution is 0.391. The highest BCUT2D eigenvalue weighted by molar-refractivity contribution is 7.92. The third-order valence-corrected chi connectivity index (χ3v) is 6.37. The molecule has 0 aliphatic heterocycles. The predicted octanol–water partition coefficient (Wildman–Crippen LogP) is 3.08. The van der Waals surface area contributed by atoms with Gasteiger partial charge in [-0.3, -0.25) is 14.3 Å². The first kappa shape index (κ1) is 24.4. The zero-order valence-corrected chi connectivity index (χ0v) is 20.7. The highest BCUT2D eigenvalue weighted by Gasteiger charge is 2.25. The standard InChI is InChI=1S/C22H22ClN7O4S/c1-14-9-15(11-24-10-14)21-27-28-22(30(21)20-17(33-2)5-4-6-18(20)34-3)29-35(31,32)8-7-19-25-12-16(23)13-26-19/h4-6,9-13H,7-8H2,1-3H3,(H,28,29). The third-order valence-electron chi connectivity index (χ3n) is 4.94. The van der Waals surface area contributed by atoms with Crippen molar-refractivity contribution in [3.8, 4) is 28.6 Å². The summed E-state index contributed by atoms with van der Waals surface area (Å²) in [6.07, 6.45) is 6.22. The van der Waals surface area contributed by atoms with Crippen LogP contribution in [0.4, 0.5) is 5.95 Å². The first-order chi connectivity index (χ1) is 16.8. The van der Waals surface area contributed by atoms with Crippen molar-refractivity contribution in [3.05, 3.63) is 65.5 Å². The maximum atomic E-state index is 13.0. The van der Waals surface area contributed by atoms with E-state index in [9.17, 15) is 8.42 Å². The third kappa shape index (κ3) is 5.49. The summed E-state index contributed by atoms with van der Waals surface area (Å²) in [6.45, 7) is 1.89. The Balaban J connectivity index is 1.78. The molecular weight excluding hydrogens is 494 g/mol. The van der Waals surface area contributed by atoms with Crippen LogP contribution in [0.25, 0.3) is 17.1 Å². The van der Waals surface area contributed by atoms with Gasteiger partial charge < -0.3 is 9.47 Å². The average Bonchev–Trinajstić information content (AvgIpc) is 3.25. The molecule has 0 aliphatic carbocycles. The molecule has 13 heteroatoms. The van der Waals surface area contributed by atoms with Gasteiger partial charge in [0, 0.05) is 36.8 Å². The predicted molar refractivity (Wildman–Crippen MR) is 131 cm³/mol. The number of rotatable bonds is 9. The van der Waals surface area contributed by atoms with Gasteiger partial charge in [-0.25, -0.2) is 18.4 Å². The number of para-hydroxylation sites is 1. The highest BCUT2D eigenvalue weighted by Crippen LogP contribution is 2.37. The normalized spacial score (nSPS) is 11.3. The maximum Gasteiger partial charge on any atom is 0.243 e. The van der Waals surface area contributed by atoms with Gasteiger partial charge >= 0.3 is 0 Å². The molecule has 0 unspecified atom stereocenters. The number of pyridine rings is 1. The van der Waals surface area contributed by atoms with E-state index in [2.05, 4.69) is 29.9 Å². The number of nitrogens with one attached hydrogen (secondary N) is 1. The fourth-order valence-electron chi connectivity index (χ4n) is 3.36. The Labute approximate surface area is 207 Å². The van der Waals surface area contributed by atoms with E-state index in [0.29, 0.717) is 39.4 Å². The molecule has 1 aromatic carbocycles. The summed E-state index contributed by atoms with van der Waals surface area (Å²) in [6, 6.07) is 7.08. The Morgan fingerprint density at radius 3 is 2.34 bits per heavy atom. The van der Waals surface area contributed by atoms with Crippen molar-refractivity contribution in [1.29, 1.82) is 0 Å². The number of sulfonamides is 1. The van der Waals surface area contributed by atoms with Crippen molar-refractivity contribution >= 4 is 27.6 Å². The van der Waals surface area contributed by atoms with E-state index in [0.717, 1.165) is 5.56 Å². The van der Waals surface area contributed by atoms with E-state index < -0.39 is 10.0 Å². The van der Waals surface area contributed by atoms with E-state index in [1.54, 1.807) is 30.6 Å². The Morgan fingerprint density at radius 2 is 1.71 bits per heavy atom. The average molecular weight is 516 g/mol. The van der Waals surface area contributed by atoms with Gasteiger partial charge in [0.25, 0.3) is 0 Å². The number of hydrogen-bond acceptors (Lipinski definition) is 9. The summed E-state index contributed by atoms with van der Waals surface area (Å²) in [5, 5.41) is 8.77. The number of anilines is 1. The second kappa shape index (κ2) is 10.2. The van der Waals surface area contributed by atoms with Crippen molar-refractivity contribution in [2.75, 3.05) is 24.7 Å². The van der Waals surface area contributed by atoms with Crippen molar-refractivity contribution < 1.29 is 17.9 Å². The van der Waals surface area contributed by atoms with Crippen LogP contribution in [-0.4, -0.2) is 58.1 Å². The van der Waals surface area contributed by atoms with Crippen LogP contribution >= 0.6 is 11.6 Å². The molecule has 11 nitrogen and oxygen atoms in total. The van der Waals surface area contributed by atoms with Crippen LogP contribution in [0, 0.1) is 6.92 Å². The number of hydrogen-bond donors (Lipinski definition) is 1. The minimum Gasteiger partial charge on any atom is -0.494 e. The quantitative estimate of drug-likeness (QED) is 0.356. The molecular formula is C22H22ClN7O4S. The number of aryl methyl sites for hydroxylation is 2. The van der Waals surface area contributed by atoms with Gasteiger partial charge in [0.1, 0.15) is 23.0 Å². The Kier molecular flexibility index (Phi) is 7.12. The smallest absolute Gasteiger partial charge is 0.243 e. The van der Waals surface area contributed by atoms with E-state index in [4.69, 9.17) is 21.1 Å². The van der Waals surface area contributed by atoms with E-state index >= 15 is 0 Å². The van der Waals surface area contributed by atoms with Crippen LogP contribution in [0.3, 0.4) is 0 Å². The van der Waals surface area contributed by atoms with E-state index in [1.807, 2.05) is 13.0 Å². The lowest BCUT2D eigenvalue weighted by Gasteiger charge is -2.17. The fraction of sp³-hybridized carbons (Fsp3) is 0.227. The van der Waals surface area contributed by atoms with Crippen molar-refractivity contribution in [1.82, 2.24) is 29.7 Å². The molecule has 0 saturated carbocycles. The van der Waals surface area contributed by atoms with Crippen molar-refractivity contribution in [2.24, 2.45) is 0 Å². The van der Waals surface area contributed by atoms with Gasteiger partial charge in [-0.05, 0) is 30.7 Å². The van der Waals surface area contributed by atoms with Crippen LogP contribution in [0.15, 0.2) is 49.1 Å². The molecule has 4 aromatic rings. The number of methoxy groups -OCH3 is 2. The Morgan fingerprint density at radius 1 is 1.03 bits per heavy atom. The fourth-order valence-corrected chi connectivity index (χ4v) is 4.42. The second-order valence-electron chi connectivity index (χ2n) is 7.43. The molecule has 3 heterocycles. The maximum absolute atomic E-state index is 13.0. The summed E-state index contributed by atoms with van der Waals surface area (Å²) in [5.74, 6) is 1.23. The number of halogens is 1. The van der Waals surface area contributed by atoms with Gasteiger partial charge in [-0.15, -0.1) is 10.2 Å². The highest BCUT2D eigenvalue weighted by atomic mass is 35.5. The molecule has 0 atom stereocenters. The van der Waals surface area contributed by atoms with Crippen LogP contribution in [0.2, 0.25) is 5.02 Å². The molecule has 0 amide bonds. The molecule has 1 N–H and O–H groups in total. The van der Waals surface area contributed by atoms with Gasteiger partial charge in [-0.1, -0.05) is 17.7 Å². The summed E-state index contributed by atoms with van der Waals surface area (Å²) < 4.78 is 41.1. The van der Waals surface area contributed by atoms with Crippen LogP contribution in [-0.2, 0) is 16.4 Å². The molecule has 3 aromatic heterocycles. The number of aromatic nitrogens is 6. The van der Waals surface area contributed by atoms with Gasteiger partial charge in [0.2, 0.25) is 16.0 Å². The molecule has 0 bridgehead atoms. The molecule has 0 fully saturated rings. The first-order valence-corrected chi connectivity index (χ1v) is 12.4. The second-order valence-corrected chi connectivity index (χ2v) is 9.71. The molecule has 0 radical (unpaired) electrons. The summed E-state index contributed by atoms with van der Waals surface area (Å²) >= 11 is 5.80. The van der Waals surface area contributed by atoms with Crippen LogP contribution in [0.5, 0.6) is 11.5 Å². The lowest BCUT2D eigenvalue weighted by atomic mass is 10.2. The summed E-state index contributed by atoms with van der Waals surface area (Å²) in [5.41, 5.74) is 1.96. The first-order valence-electron chi connectivity index (χ1n) is 10.4. The molecule has 0 spiro atoms. The molecule has 0 saturated heterocycles. The monoisotopic (exact) mass is 515 g/mol. The van der Waals surface area contributed by atoms with Gasteiger partial charge in [-0.2, -0.15) is 0 Å². The summed E-state index contributed by atoms with van der Waals surface area (Å²) in [4.78, 5) is 12.3.